The lowest BCUT2D eigenvalue weighted by molar-refractivity contribution is 0.0888. The van der Waals surface area contributed by atoms with Gasteiger partial charge in [0, 0.05) is 39.3 Å². The van der Waals surface area contributed by atoms with E-state index in [4.69, 9.17) is 18.9 Å². The van der Waals surface area contributed by atoms with E-state index in [-0.39, 0.29) is 24.0 Å². The van der Waals surface area contributed by atoms with Crippen molar-refractivity contribution in [3.63, 3.8) is 0 Å². The van der Waals surface area contributed by atoms with E-state index in [1.807, 2.05) is 25.1 Å². The summed E-state index contributed by atoms with van der Waals surface area (Å²) in [6.45, 7) is 7.29. The van der Waals surface area contributed by atoms with Crippen LogP contribution >= 0.6 is 24.0 Å². The molecule has 0 aliphatic carbocycles. The van der Waals surface area contributed by atoms with Gasteiger partial charge < -0.3 is 29.6 Å². The second-order valence-corrected chi connectivity index (χ2v) is 6.43. The van der Waals surface area contributed by atoms with Gasteiger partial charge in [-0.25, -0.2) is 0 Å². The topological polar surface area (TPSA) is 73.3 Å². The van der Waals surface area contributed by atoms with Crippen molar-refractivity contribution in [1.29, 1.82) is 0 Å². The number of halogens is 1. The van der Waals surface area contributed by atoms with Crippen molar-refractivity contribution in [1.82, 2.24) is 10.6 Å². The highest BCUT2D eigenvalue weighted by Crippen LogP contribution is 2.27. The molecule has 1 saturated heterocycles. The molecule has 1 heterocycles. The summed E-state index contributed by atoms with van der Waals surface area (Å²) in [7, 11) is 3.42. The molecule has 1 aromatic rings. The summed E-state index contributed by atoms with van der Waals surface area (Å²) >= 11 is 0. The normalized spacial score (nSPS) is 16.4. The number of benzene rings is 1. The molecule has 0 amide bonds. The summed E-state index contributed by atoms with van der Waals surface area (Å²) in [6, 6.07) is 5.93. The van der Waals surface area contributed by atoms with E-state index in [9.17, 15) is 0 Å². The third kappa shape index (κ3) is 8.83. The predicted molar refractivity (Wildman–Crippen MR) is 122 cm³/mol. The Bertz CT molecular complexity index is 581. The van der Waals surface area contributed by atoms with Crippen molar-refractivity contribution < 1.29 is 18.9 Å². The molecule has 1 fully saturated rings. The molecule has 1 atom stereocenters. The number of hydrogen-bond donors (Lipinski definition) is 2. The Morgan fingerprint density at radius 2 is 2.14 bits per heavy atom. The van der Waals surface area contributed by atoms with E-state index in [0.717, 1.165) is 68.8 Å². The molecule has 160 valence electrons. The number of guanidine groups is 1. The van der Waals surface area contributed by atoms with E-state index in [0.29, 0.717) is 19.1 Å². The predicted octanol–water partition coefficient (Wildman–Crippen LogP) is 2.82. The third-order valence-electron chi connectivity index (χ3n) is 4.35. The van der Waals surface area contributed by atoms with E-state index >= 15 is 0 Å². The molecule has 7 nitrogen and oxygen atoms in total. The molecule has 1 unspecified atom stereocenters. The lowest BCUT2D eigenvalue weighted by atomic mass is 10.1. The largest absolute Gasteiger partial charge is 0.493 e. The van der Waals surface area contributed by atoms with Crippen molar-refractivity contribution in [2.45, 2.75) is 26.3 Å². The van der Waals surface area contributed by atoms with Gasteiger partial charge in [-0.1, -0.05) is 6.07 Å². The maximum Gasteiger partial charge on any atom is 0.191 e. The van der Waals surface area contributed by atoms with Gasteiger partial charge in [0.05, 0.1) is 26.9 Å². The maximum atomic E-state index is 5.71. The highest BCUT2D eigenvalue weighted by atomic mass is 127. The molecule has 0 radical (unpaired) electrons. The zero-order chi connectivity index (χ0) is 19.3. The standard InChI is InChI=1S/C20H33N3O4.HI/c1-4-27-18-7-6-16(12-19(18)24-3)13-23-20(21-2)22-9-5-10-25-14-17-8-11-26-15-17;/h6-7,12,17H,4-5,8-11,13-15H2,1-3H3,(H2,21,22,23);1H. The maximum absolute atomic E-state index is 5.71. The Kier molecular flexibility index (Phi) is 13.0. The van der Waals surface area contributed by atoms with Gasteiger partial charge in [-0.2, -0.15) is 0 Å². The molecule has 0 bridgehead atoms. The van der Waals surface area contributed by atoms with Crippen LogP contribution in [0.1, 0.15) is 25.3 Å². The summed E-state index contributed by atoms with van der Waals surface area (Å²) in [4.78, 5) is 4.25. The molecule has 1 aliphatic heterocycles. The summed E-state index contributed by atoms with van der Waals surface area (Å²) in [5, 5.41) is 6.62. The van der Waals surface area contributed by atoms with Gasteiger partial charge in [-0.05, 0) is 37.5 Å². The second kappa shape index (κ2) is 14.7. The minimum absolute atomic E-state index is 0. The average Bonchev–Trinajstić information content (AvgIpc) is 3.21. The zero-order valence-electron chi connectivity index (χ0n) is 17.2. The molecule has 1 aromatic carbocycles. The monoisotopic (exact) mass is 507 g/mol. The Balaban J connectivity index is 0.00000392. The average molecular weight is 507 g/mol. The number of methoxy groups -OCH3 is 1. The van der Waals surface area contributed by atoms with Crippen LogP contribution in [0, 0.1) is 5.92 Å². The van der Waals surface area contributed by atoms with Crippen molar-refractivity contribution in [2.24, 2.45) is 10.9 Å². The second-order valence-electron chi connectivity index (χ2n) is 6.43. The number of ether oxygens (including phenoxy) is 4. The number of nitrogens with zero attached hydrogens (tertiary/aromatic N) is 1. The molecular formula is C20H34IN3O4. The number of nitrogens with one attached hydrogen (secondary N) is 2. The first-order valence-electron chi connectivity index (χ1n) is 9.66. The van der Waals surface area contributed by atoms with Gasteiger partial charge in [-0.15, -0.1) is 24.0 Å². The highest BCUT2D eigenvalue weighted by molar-refractivity contribution is 14.0. The summed E-state index contributed by atoms with van der Waals surface area (Å²) in [6.07, 6.45) is 2.05. The minimum Gasteiger partial charge on any atom is -0.493 e. The number of hydrogen-bond acceptors (Lipinski definition) is 5. The van der Waals surface area contributed by atoms with Crippen LogP contribution in [0.4, 0.5) is 0 Å². The van der Waals surface area contributed by atoms with Crippen molar-refractivity contribution in [3.05, 3.63) is 23.8 Å². The van der Waals surface area contributed by atoms with Crippen LogP contribution in [0.5, 0.6) is 11.5 Å². The van der Waals surface area contributed by atoms with Gasteiger partial charge in [-0.3, -0.25) is 4.99 Å². The first-order chi connectivity index (χ1) is 13.3. The summed E-state index contributed by atoms with van der Waals surface area (Å²) in [5.41, 5.74) is 1.10. The zero-order valence-corrected chi connectivity index (χ0v) is 19.5. The lowest BCUT2D eigenvalue weighted by Gasteiger charge is -2.14. The van der Waals surface area contributed by atoms with Gasteiger partial charge >= 0.3 is 0 Å². The first kappa shape index (κ1) is 24.8. The minimum atomic E-state index is 0. The van der Waals surface area contributed by atoms with Gasteiger partial charge in [0.25, 0.3) is 0 Å². The van der Waals surface area contributed by atoms with Crippen LogP contribution in [0.15, 0.2) is 23.2 Å². The molecule has 0 saturated carbocycles. The van der Waals surface area contributed by atoms with Crippen molar-refractivity contribution in [2.75, 3.05) is 53.7 Å². The fourth-order valence-electron chi connectivity index (χ4n) is 2.85. The summed E-state index contributed by atoms with van der Waals surface area (Å²) in [5.74, 6) is 2.84. The molecule has 2 rings (SSSR count). The lowest BCUT2D eigenvalue weighted by Crippen LogP contribution is -2.37. The highest BCUT2D eigenvalue weighted by Gasteiger charge is 2.15. The molecular weight excluding hydrogens is 473 g/mol. The first-order valence-corrected chi connectivity index (χ1v) is 9.66. The van der Waals surface area contributed by atoms with E-state index in [2.05, 4.69) is 15.6 Å². The van der Waals surface area contributed by atoms with Crippen LogP contribution in [0.2, 0.25) is 0 Å². The Labute approximate surface area is 185 Å². The van der Waals surface area contributed by atoms with E-state index in [1.54, 1.807) is 14.2 Å². The van der Waals surface area contributed by atoms with Crippen molar-refractivity contribution >= 4 is 29.9 Å². The molecule has 8 heteroatoms. The Morgan fingerprint density at radius 3 is 2.82 bits per heavy atom. The van der Waals surface area contributed by atoms with Crippen LogP contribution < -0.4 is 20.1 Å². The molecule has 28 heavy (non-hydrogen) atoms. The van der Waals surface area contributed by atoms with Gasteiger partial charge in [0.2, 0.25) is 0 Å². The number of aliphatic imine (C=N–C) groups is 1. The SMILES string of the molecule is CCOc1ccc(CNC(=NC)NCCCOCC2CCOC2)cc1OC.I. The third-order valence-corrected chi connectivity index (χ3v) is 4.35. The molecule has 0 aromatic heterocycles. The van der Waals surface area contributed by atoms with E-state index in [1.165, 1.54) is 0 Å². The summed E-state index contributed by atoms with van der Waals surface area (Å²) < 4.78 is 22.0. The van der Waals surface area contributed by atoms with Crippen LogP contribution in [0.3, 0.4) is 0 Å². The fourth-order valence-corrected chi connectivity index (χ4v) is 2.85. The molecule has 1 aliphatic rings. The Morgan fingerprint density at radius 1 is 1.29 bits per heavy atom. The number of rotatable bonds is 11. The van der Waals surface area contributed by atoms with Crippen LogP contribution in [-0.4, -0.2) is 59.7 Å². The van der Waals surface area contributed by atoms with Crippen LogP contribution in [-0.2, 0) is 16.0 Å². The van der Waals surface area contributed by atoms with Crippen molar-refractivity contribution in [3.8, 4) is 11.5 Å². The van der Waals surface area contributed by atoms with Gasteiger partial charge in [0.15, 0.2) is 17.5 Å². The quantitative estimate of drug-likeness (QED) is 0.208. The molecule has 0 spiro atoms. The van der Waals surface area contributed by atoms with Crippen LogP contribution in [0.25, 0.3) is 0 Å². The smallest absolute Gasteiger partial charge is 0.191 e. The Hall–Kier alpha value is -1.26. The van der Waals surface area contributed by atoms with E-state index < -0.39 is 0 Å². The fraction of sp³-hybridized carbons (Fsp3) is 0.650. The molecule has 2 N–H and O–H groups in total. The van der Waals surface area contributed by atoms with Gasteiger partial charge in [0.1, 0.15) is 0 Å².